The second kappa shape index (κ2) is 7.42. The molecule has 0 unspecified atom stereocenters. The first-order valence-electron chi connectivity index (χ1n) is 7.97. The van der Waals surface area contributed by atoms with E-state index >= 15 is 0 Å². The molecule has 6 nitrogen and oxygen atoms in total. The van der Waals surface area contributed by atoms with Gasteiger partial charge in [-0.1, -0.05) is 12.5 Å². The van der Waals surface area contributed by atoms with Crippen LogP contribution in [0.5, 0.6) is 5.75 Å². The number of amides is 1. The Labute approximate surface area is 143 Å². The average Bonchev–Trinajstić information content (AvgIpc) is 2.55. The number of hydrogen-bond donors (Lipinski definition) is 2. The van der Waals surface area contributed by atoms with E-state index < -0.39 is 18.0 Å². The number of hydrogen-bond acceptors (Lipinski definition) is 5. The van der Waals surface area contributed by atoms with Crippen molar-refractivity contribution in [3.8, 4) is 5.75 Å². The van der Waals surface area contributed by atoms with Crippen molar-refractivity contribution < 1.29 is 18.3 Å². The van der Waals surface area contributed by atoms with E-state index in [0.717, 1.165) is 12.8 Å². The van der Waals surface area contributed by atoms with Gasteiger partial charge in [-0.3, -0.25) is 4.79 Å². The fraction of sp³-hybridized carbons (Fsp3) is 0.353. The van der Waals surface area contributed by atoms with Crippen LogP contribution in [0.15, 0.2) is 30.5 Å². The van der Waals surface area contributed by atoms with Crippen molar-refractivity contribution in [3.63, 3.8) is 0 Å². The third-order valence-corrected chi connectivity index (χ3v) is 4.06. The second-order valence-electron chi connectivity index (χ2n) is 5.92. The Morgan fingerprint density at radius 3 is 2.88 bits per heavy atom. The number of nitrogens with zero attached hydrogens (tertiary/aromatic N) is 2. The maximum atomic E-state index is 12.7. The fourth-order valence-electron chi connectivity index (χ4n) is 2.42. The number of nitrogen functional groups attached to an aromatic ring is 1. The molecule has 3 rings (SSSR count). The summed E-state index contributed by atoms with van der Waals surface area (Å²) in [5.41, 5.74) is 5.43. The summed E-state index contributed by atoms with van der Waals surface area (Å²) in [6.07, 6.45) is 2.06. The molecular formula is C17H18F2N4O2. The Hall–Kier alpha value is -2.77. The number of ether oxygens (including phenoxy) is 1. The molecule has 0 bridgehead atoms. The van der Waals surface area contributed by atoms with Crippen molar-refractivity contribution in [2.75, 3.05) is 17.7 Å². The maximum Gasteiger partial charge on any atom is 0.280 e. The minimum absolute atomic E-state index is 0.112. The van der Waals surface area contributed by atoms with Crippen molar-refractivity contribution in [2.45, 2.75) is 25.7 Å². The van der Waals surface area contributed by atoms with E-state index in [9.17, 15) is 13.6 Å². The smallest absolute Gasteiger partial charge is 0.280 e. The molecule has 2 aromatic heterocycles. The number of carbonyl (C=O) groups is 1. The molecule has 0 atom stereocenters. The van der Waals surface area contributed by atoms with Gasteiger partial charge in [-0.25, -0.2) is 18.7 Å². The maximum absolute atomic E-state index is 12.7. The van der Waals surface area contributed by atoms with Crippen LogP contribution in [0.4, 0.5) is 20.3 Å². The number of carbonyl (C=O) groups excluding carboxylic acids is 1. The molecule has 1 fully saturated rings. The van der Waals surface area contributed by atoms with Crippen LogP contribution in [0.3, 0.4) is 0 Å². The topological polar surface area (TPSA) is 90.1 Å². The van der Waals surface area contributed by atoms with Gasteiger partial charge in [-0.15, -0.1) is 0 Å². The van der Waals surface area contributed by atoms with Crippen molar-refractivity contribution in [2.24, 2.45) is 5.92 Å². The van der Waals surface area contributed by atoms with Crippen LogP contribution in [0, 0.1) is 5.92 Å². The summed E-state index contributed by atoms with van der Waals surface area (Å²) in [4.78, 5) is 19.9. The highest BCUT2D eigenvalue weighted by Gasteiger charge is 2.20. The van der Waals surface area contributed by atoms with Crippen molar-refractivity contribution in [1.82, 2.24) is 9.97 Å². The number of nitrogens with one attached hydrogen (secondary N) is 1. The molecule has 3 N–H and O–H groups in total. The first kappa shape index (κ1) is 17.1. The van der Waals surface area contributed by atoms with Gasteiger partial charge in [0.1, 0.15) is 28.6 Å². The monoisotopic (exact) mass is 348 g/mol. The Kier molecular flexibility index (Phi) is 5.06. The standard InChI is InChI=1S/C17H18F2N4O2/c18-16(19)11-5-2-6-12(22-11)17(24)23-13-8-21-15(20)7-14(13)25-9-10-3-1-4-10/h2,5-8,10,16H,1,3-4,9H2,(H2,20,21)(H,23,24). The molecule has 0 spiro atoms. The summed E-state index contributed by atoms with van der Waals surface area (Å²) in [6, 6.07) is 5.41. The van der Waals surface area contributed by atoms with Gasteiger partial charge in [0.2, 0.25) is 0 Å². The minimum Gasteiger partial charge on any atom is -0.491 e. The van der Waals surface area contributed by atoms with E-state index in [4.69, 9.17) is 10.5 Å². The summed E-state index contributed by atoms with van der Waals surface area (Å²) in [5.74, 6) is 0.544. The van der Waals surface area contributed by atoms with Crippen LogP contribution in [-0.2, 0) is 0 Å². The predicted molar refractivity (Wildman–Crippen MR) is 88.6 cm³/mol. The van der Waals surface area contributed by atoms with Crippen LogP contribution in [0.1, 0.15) is 41.9 Å². The molecule has 0 aliphatic heterocycles. The Bertz CT molecular complexity index is 766. The Morgan fingerprint density at radius 1 is 1.40 bits per heavy atom. The van der Waals surface area contributed by atoms with Crippen molar-refractivity contribution in [1.29, 1.82) is 0 Å². The molecule has 132 valence electrons. The van der Waals surface area contributed by atoms with Crippen LogP contribution in [-0.4, -0.2) is 22.5 Å². The highest BCUT2D eigenvalue weighted by Crippen LogP contribution is 2.30. The molecule has 8 heteroatoms. The van der Waals surface area contributed by atoms with Crippen molar-refractivity contribution >= 4 is 17.4 Å². The quantitative estimate of drug-likeness (QED) is 0.835. The van der Waals surface area contributed by atoms with Gasteiger partial charge in [-0.05, 0) is 30.9 Å². The van der Waals surface area contributed by atoms with Gasteiger partial charge in [-0.2, -0.15) is 0 Å². The molecule has 2 aromatic rings. The molecule has 25 heavy (non-hydrogen) atoms. The lowest BCUT2D eigenvalue weighted by atomic mass is 9.86. The normalized spacial score (nSPS) is 14.2. The summed E-state index contributed by atoms with van der Waals surface area (Å²) in [6.45, 7) is 0.533. The van der Waals surface area contributed by atoms with E-state index in [2.05, 4.69) is 15.3 Å². The molecule has 0 radical (unpaired) electrons. The van der Waals surface area contributed by atoms with Gasteiger partial charge in [0, 0.05) is 6.07 Å². The van der Waals surface area contributed by atoms with Gasteiger partial charge in [0.25, 0.3) is 12.3 Å². The van der Waals surface area contributed by atoms with Crippen LogP contribution in [0.25, 0.3) is 0 Å². The molecule has 2 heterocycles. The zero-order valence-electron chi connectivity index (χ0n) is 13.4. The third-order valence-electron chi connectivity index (χ3n) is 4.06. The zero-order valence-corrected chi connectivity index (χ0v) is 13.4. The summed E-state index contributed by atoms with van der Waals surface area (Å²) >= 11 is 0. The number of rotatable bonds is 6. The van der Waals surface area contributed by atoms with E-state index in [1.807, 2.05) is 0 Å². The SMILES string of the molecule is Nc1cc(OCC2CCC2)c(NC(=O)c2cccc(C(F)F)n2)cn1. The molecule has 0 aromatic carbocycles. The predicted octanol–water partition coefficient (Wildman–Crippen LogP) is 3.43. The summed E-state index contributed by atoms with van der Waals surface area (Å²) in [7, 11) is 0. The lowest BCUT2D eigenvalue weighted by Crippen LogP contribution is -2.20. The lowest BCUT2D eigenvalue weighted by molar-refractivity contribution is 0.101. The first-order valence-corrected chi connectivity index (χ1v) is 7.97. The fourth-order valence-corrected chi connectivity index (χ4v) is 2.42. The molecular weight excluding hydrogens is 330 g/mol. The lowest BCUT2D eigenvalue weighted by Gasteiger charge is -2.25. The third kappa shape index (κ3) is 4.20. The zero-order chi connectivity index (χ0) is 17.8. The number of anilines is 2. The Morgan fingerprint density at radius 2 is 2.20 bits per heavy atom. The molecule has 1 aliphatic rings. The van der Waals surface area contributed by atoms with Crippen molar-refractivity contribution in [3.05, 3.63) is 41.9 Å². The van der Waals surface area contributed by atoms with Crippen LogP contribution in [0.2, 0.25) is 0 Å². The van der Waals surface area contributed by atoms with Crippen LogP contribution < -0.4 is 15.8 Å². The van der Waals surface area contributed by atoms with E-state index in [-0.39, 0.29) is 11.5 Å². The molecule has 0 saturated heterocycles. The summed E-state index contributed by atoms with van der Waals surface area (Å²) < 4.78 is 31.2. The average molecular weight is 348 g/mol. The van der Waals surface area contributed by atoms with E-state index in [0.29, 0.717) is 24.0 Å². The molecule has 1 amide bonds. The first-order chi connectivity index (χ1) is 12.0. The molecule has 1 saturated carbocycles. The van der Waals surface area contributed by atoms with Crippen LogP contribution >= 0.6 is 0 Å². The number of halogens is 2. The highest BCUT2D eigenvalue weighted by atomic mass is 19.3. The van der Waals surface area contributed by atoms with E-state index in [1.54, 1.807) is 0 Å². The van der Waals surface area contributed by atoms with Gasteiger partial charge in [0.15, 0.2) is 0 Å². The van der Waals surface area contributed by atoms with Gasteiger partial charge < -0.3 is 15.8 Å². The number of aromatic nitrogens is 2. The number of nitrogens with two attached hydrogens (primary N) is 1. The largest absolute Gasteiger partial charge is 0.491 e. The molecule has 1 aliphatic carbocycles. The van der Waals surface area contributed by atoms with Gasteiger partial charge in [0.05, 0.1) is 12.8 Å². The van der Waals surface area contributed by atoms with Gasteiger partial charge >= 0.3 is 0 Å². The number of alkyl halides is 2. The number of pyridine rings is 2. The highest BCUT2D eigenvalue weighted by molar-refractivity contribution is 6.03. The minimum atomic E-state index is -2.74. The Balaban J connectivity index is 1.74. The summed E-state index contributed by atoms with van der Waals surface area (Å²) in [5, 5.41) is 2.59. The van der Waals surface area contributed by atoms with E-state index in [1.165, 1.54) is 36.9 Å². The second-order valence-corrected chi connectivity index (χ2v) is 5.92.